The molecule has 0 radical (unpaired) electrons. The Morgan fingerprint density at radius 1 is 1.47 bits per heavy atom. The third kappa shape index (κ3) is 4.30. The molecule has 1 atom stereocenters. The summed E-state index contributed by atoms with van der Waals surface area (Å²) in [5, 5.41) is 0. The van der Waals surface area contributed by atoms with Gasteiger partial charge in [-0.25, -0.2) is 0 Å². The van der Waals surface area contributed by atoms with Gasteiger partial charge in [0.2, 0.25) is 0 Å². The fraction of sp³-hybridized carbons (Fsp3) is 0.583. The molecule has 0 bridgehead atoms. The van der Waals surface area contributed by atoms with Crippen molar-refractivity contribution in [1.82, 2.24) is 4.98 Å². The lowest BCUT2D eigenvalue weighted by molar-refractivity contribution is 0.209. The number of hydrogen-bond donors (Lipinski definition) is 1. The highest BCUT2D eigenvalue weighted by atomic mass is 16.5. The van der Waals surface area contributed by atoms with Gasteiger partial charge < -0.3 is 10.5 Å². The average molecular weight is 208 g/mol. The van der Waals surface area contributed by atoms with Crippen LogP contribution in [0.2, 0.25) is 0 Å². The van der Waals surface area contributed by atoms with Crippen molar-refractivity contribution in [2.24, 2.45) is 5.73 Å². The minimum absolute atomic E-state index is 0.261. The molecule has 0 saturated carbocycles. The monoisotopic (exact) mass is 208 g/mol. The van der Waals surface area contributed by atoms with Crippen LogP contribution in [0, 0.1) is 0 Å². The van der Waals surface area contributed by atoms with Gasteiger partial charge in [-0.3, -0.25) is 4.98 Å². The number of nitrogens with zero attached hydrogens (tertiary/aromatic N) is 1. The number of aromatic nitrogens is 1. The summed E-state index contributed by atoms with van der Waals surface area (Å²) in [6, 6.07) is 3.94. The highest BCUT2D eigenvalue weighted by molar-refractivity contribution is 5.20. The molecule has 1 rings (SSSR count). The first kappa shape index (κ1) is 12.0. The standard InChI is InChI=1S/C12H20N2O/c1-3-4-10(2)15-12-6-5-11(7-8-13)14-9-12/h5-6,9-10H,3-4,7-8,13H2,1-2H3. The average Bonchev–Trinajstić information content (AvgIpc) is 2.22. The zero-order valence-corrected chi connectivity index (χ0v) is 9.57. The van der Waals surface area contributed by atoms with Gasteiger partial charge in [-0.2, -0.15) is 0 Å². The van der Waals surface area contributed by atoms with E-state index >= 15 is 0 Å². The van der Waals surface area contributed by atoms with Gasteiger partial charge in [0, 0.05) is 12.1 Å². The molecule has 0 saturated heterocycles. The first-order valence-corrected chi connectivity index (χ1v) is 5.58. The Labute approximate surface area is 91.7 Å². The molecule has 1 aromatic heterocycles. The van der Waals surface area contributed by atoms with Crippen molar-refractivity contribution >= 4 is 0 Å². The molecular formula is C12H20N2O. The van der Waals surface area contributed by atoms with E-state index in [1.807, 2.05) is 12.1 Å². The smallest absolute Gasteiger partial charge is 0.138 e. The summed E-state index contributed by atoms with van der Waals surface area (Å²) in [6.45, 7) is 4.87. The molecule has 0 spiro atoms. The van der Waals surface area contributed by atoms with Gasteiger partial charge in [0.25, 0.3) is 0 Å². The second kappa shape index (κ2) is 6.40. The molecule has 2 N–H and O–H groups in total. The normalized spacial score (nSPS) is 12.5. The summed E-state index contributed by atoms with van der Waals surface area (Å²) in [4.78, 5) is 4.28. The predicted molar refractivity (Wildman–Crippen MR) is 62.0 cm³/mol. The SMILES string of the molecule is CCCC(C)Oc1ccc(CCN)nc1. The van der Waals surface area contributed by atoms with Crippen LogP contribution in [0.1, 0.15) is 32.4 Å². The molecule has 0 aliphatic carbocycles. The Bertz CT molecular complexity index is 271. The predicted octanol–water partition coefficient (Wildman–Crippen LogP) is 2.15. The largest absolute Gasteiger partial charge is 0.489 e. The maximum Gasteiger partial charge on any atom is 0.138 e. The summed E-state index contributed by atoms with van der Waals surface area (Å²) in [7, 11) is 0. The van der Waals surface area contributed by atoms with Crippen LogP contribution >= 0.6 is 0 Å². The molecule has 0 aliphatic rings. The quantitative estimate of drug-likeness (QED) is 0.779. The van der Waals surface area contributed by atoms with E-state index in [0.717, 1.165) is 30.7 Å². The Balaban J connectivity index is 2.48. The van der Waals surface area contributed by atoms with E-state index in [2.05, 4.69) is 18.8 Å². The van der Waals surface area contributed by atoms with Crippen LogP contribution in [-0.2, 0) is 6.42 Å². The summed E-state index contributed by atoms with van der Waals surface area (Å²) in [5.74, 6) is 0.844. The number of ether oxygens (including phenoxy) is 1. The summed E-state index contributed by atoms with van der Waals surface area (Å²) >= 11 is 0. The molecule has 1 unspecified atom stereocenters. The van der Waals surface area contributed by atoms with Crippen molar-refractivity contribution in [3.63, 3.8) is 0 Å². The van der Waals surface area contributed by atoms with Gasteiger partial charge in [-0.15, -0.1) is 0 Å². The highest BCUT2D eigenvalue weighted by Gasteiger charge is 2.02. The van der Waals surface area contributed by atoms with Crippen LogP contribution in [0.15, 0.2) is 18.3 Å². The second-order valence-electron chi connectivity index (χ2n) is 3.74. The first-order valence-electron chi connectivity index (χ1n) is 5.58. The fourth-order valence-electron chi connectivity index (χ4n) is 1.47. The van der Waals surface area contributed by atoms with Crippen molar-refractivity contribution in [1.29, 1.82) is 0 Å². The molecule has 1 heterocycles. The van der Waals surface area contributed by atoms with Gasteiger partial charge in [0.15, 0.2) is 0 Å². The lowest BCUT2D eigenvalue weighted by Crippen LogP contribution is -2.11. The Kier molecular flexibility index (Phi) is 5.12. The summed E-state index contributed by atoms with van der Waals surface area (Å²) in [5.41, 5.74) is 6.47. The van der Waals surface area contributed by atoms with Gasteiger partial charge in [0.1, 0.15) is 5.75 Å². The van der Waals surface area contributed by atoms with Crippen molar-refractivity contribution in [2.45, 2.75) is 39.2 Å². The molecule has 3 heteroatoms. The lowest BCUT2D eigenvalue weighted by atomic mass is 10.2. The molecule has 0 aromatic carbocycles. The zero-order valence-electron chi connectivity index (χ0n) is 9.57. The summed E-state index contributed by atoms with van der Waals surface area (Å²) in [6.07, 6.45) is 5.07. The third-order valence-electron chi connectivity index (χ3n) is 2.23. The lowest BCUT2D eigenvalue weighted by Gasteiger charge is -2.13. The maximum atomic E-state index is 5.69. The van der Waals surface area contributed by atoms with Crippen LogP contribution in [-0.4, -0.2) is 17.6 Å². The van der Waals surface area contributed by atoms with Crippen molar-refractivity contribution in [3.8, 4) is 5.75 Å². The van der Waals surface area contributed by atoms with Gasteiger partial charge in [-0.05, 0) is 32.0 Å². The van der Waals surface area contributed by atoms with E-state index in [0.29, 0.717) is 6.54 Å². The van der Waals surface area contributed by atoms with Crippen LogP contribution < -0.4 is 10.5 Å². The Morgan fingerprint density at radius 3 is 2.80 bits per heavy atom. The molecule has 1 aromatic rings. The molecule has 15 heavy (non-hydrogen) atoms. The molecule has 0 amide bonds. The van der Waals surface area contributed by atoms with Crippen LogP contribution in [0.25, 0.3) is 0 Å². The summed E-state index contributed by atoms with van der Waals surface area (Å²) < 4.78 is 5.69. The second-order valence-corrected chi connectivity index (χ2v) is 3.74. The van der Waals surface area contributed by atoms with E-state index in [-0.39, 0.29) is 6.10 Å². The van der Waals surface area contributed by atoms with E-state index in [1.54, 1.807) is 6.20 Å². The topological polar surface area (TPSA) is 48.1 Å². The number of rotatable bonds is 6. The number of pyridine rings is 1. The van der Waals surface area contributed by atoms with Crippen LogP contribution in [0.4, 0.5) is 0 Å². The van der Waals surface area contributed by atoms with Gasteiger partial charge >= 0.3 is 0 Å². The Morgan fingerprint density at radius 2 is 2.27 bits per heavy atom. The highest BCUT2D eigenvalue weighted by Crippen LogP contribution is 2.13. The minimum atomic E-state index is 0.261. The van der Waals surface area contributed by atoms with Crippen molar-refractivity contribution in [2.75, 3.05) is 6.54 Å². The van der Waals surface area contributed by atoms with E-state index in [9.17, 15) is 0 Å². The van der Waals surface area contributed by atoms with Crippen LogP contribution in [0.3, 0.4) is 0 Å². The first-order chi connectivity index (χ1) is 7.26. The fourth-order valence-corrected chi connectivity index (χ4v) is 1.47. The molecule has 84 valence electrons. The molecular weight excluding hydrogens is 188 g/mol. The van der Waals surface area contributed by atoms with E-state index in [4.69, 9.17) is 10.5 Å². The Hall–Kier alpha value is -1.09. The maximum absolute atomic E-state index is 5.69. The van der Waals surface area contributed by atoms with Gasteiger partial charge in [0.05, 0.1) is 12.3 Å². The van der Waals surface area contributed by atoms with Crippen LogP contribution in [0.5, 0.6) is 5.75 Å². The molecule has 3 nitrogen and oxygen atoms in total. The molecule has 0 aliphatic heterocycles. The number of nitrogens with two attached hydrogens (primary N) is 1. The molecule has 0 fully saturated rings. The van der Waals surface area contributed by atoms with Crippen molar-refractivity contribution < 1.29 is 4.74 Å². The third-order valence-corrected chi connectivity index (χ3v) is 2.23. The zero-order chi connectivity index (χ0) is 11.1. The van der Waals surface area contributed by atoms with Gasteiger partial charge in [-0.1, -0.05) is 13.3 Å². The van der Waals surface area contributed by atoms with E-state index in [1.165, 1.54) is 0 Å². The minimum Gasteiger partial charge on any atom is -0.489 e. The van der Waals surface area contributed by atoms with Crippen molar-refractivity contribution in [3.05, 3.63) is 24.0 Å². The van der Waals surface area contributed by atoms with E-state index < -0.39 is 0 Å². The number of hydrogen-bond acceptors (Lipinski definition) is 3.